The number of amides is 1. The molecular formula is C22H35N3O5S. The zero-order chi connectivity index (χ0) is 22.5. The number of benzene rings is 1. The first-order valence-electron chi connectivity index (χ1n) is 11.1. The van der Waals surface area contributed by atoms with Gasteiger partial charge in [-0.05, 0) is 18.9 Å². The van der Waals surface area contributed by atoms with Gasteiger partial charge in [0.2, 0.25) is 0 Å². The molecule has 2 aliphatic rings. The van der Waals surface area contributed by atoms with Crippen LogP contribution in [0, 0.1) is 0 Å². The lowest BCUT2D eigenvalue weighted by Crippen LogP contribution is -2.58. The van der Waals surface area contributed by atoms with Crippen molar-refractivity contribution in [2.45, 2.75) is 55.9 Å². The van der Waals surface area contributed by atoms with Crippen molar-refractivity contribution >= 4 is 21.4 Å². The molecule has 0 unspecified atom stereocenters. The number of nitrogens with zero attached hydrogens (tertiary/aromatic N) is 1. The summed E-state index contributed by atoms with van der Waals surface area (Å²) in [5, 5.41) is 3.09. The lowest BCUT2D eigenvalue weighted by Gasteiger charge is -2.45. The standard InChI is InChI=1S/C22H35N3O5S/c1-3-31(27,28)20-14-17(19(29-2)15-18(20)23)21(26)24-16-22(8-6-4-5-7-9-22)25-10-12-30-13-11-25/h14-15H,3-13,16,23H2,1-2H3,(H,24,26). The highest BCUT2D eigenvalue weighted by molar-refractivity contribution is 7.91. The van der Waals surface area contributed by atoms with Crippen molar-refractivity contribution < 1.29 is 22.7 Å². The van der Waals surface area contributed by atoms with Crippen LogP contribution < -0.4 is 15.8 Å². The Morgan fingerprint density at radius 2 is 1.84 bits per heavy atom. The monoisotopic (exact) mass is 453 g/mol. The smallest absolute Gasteiger partial charge is 0.255 e. The van der Waals surface area contributed by atoms with Crippen molar-refractivity contribution in [1.82, 2.24) is 10.2 Å². The van der Waals surface area contributed by atoms with Gasteiger partial charge in [0.1, 0.15) is 5.75 Å². The molecule has 8 nitrogen and oxygen atoms in total. The van der Waals surface area contributed by atoms with Crippen LogP contribution in [0.3, 0.4) is 0 Å². The Bertz CT molecular complexity index is 873. The van der Waals surface area contributed by atoms with Crippen molar-refractivity contribution in [3.8, 4) is 5.75 Å². The summed E-state index contributed by atoms with van der Waals surface area (Å²) in [6, 6.07) is 2.76. The topological polar surface area (TPSA) is 111 Å². The number of morpholine rings is 1. The van der Waals surface area contributed by atoms with Crippen LogP contribution in [0.1, 0.15) is 55.8 Å². The lowest BCUT2D eigenvalue weighted by atomic mass is 9.87. The number of methoxy groups -OCH3 is 1. The van der Waals surface area contributed by atoms with Crippen molar-refractivity contribution in [1.29, 1.82) is 0 Å². The number of nitrogen functional groups attached to an aromatic ring is 1. The Morgan fingerprint density at radius 3 is 2.42 bits per heavy atom. The number of hydrogen-bond donors (Lipinski definition) is 2. The first kappa shape index (κ1) is 23.8. The van der Waals surface area contributed by atoms with Gasteiger partial charge in [0, 0.05) is 31.2 Å². The summed E-state index contributed by atoms with van der Waals surface area (Å²) < 4.78 is 35.7. The molecule has 3 rings (SSSR count). The number of sulfone groups is 1. The number of nitrogens with one attached hydrogen (secondary N) is 1. The molecule has 1 aromatic rings. The quantitative estimate of drug-likeness (QED) is 0.481. The molecule has 0 radical (unpaired) electrons. The second-order valence-corrected chi connectivity index (χ2v) is 10.7. The predicted molar refractivity (Wildman–Crippen MR) is 120 cm³/mol. The van der Waals surface area contributed by atoms with Gasteiger partial charge < -0.3 is 20.5 Å². The van der Waals surface area contributed by atoms with E-state index in [0.717, 1.165) is 38.8 Å². The average molecular weight is 454 g/mol. The van der Waals surface area contributed by atoms with E-state index in [-0.39, 0.29) is 39.1 Å². The predicted octanol–water partition coefficient (Wildman–Crippen LogP) is 2.23. The fourth-order valence-electron chi connectivity index (χ4n) is 4.72. The number of hydrogen-bond acceptors (Lipinski definition) is 7. The molecule has 1 aromatic carbocycles. The zero-order valence-electron chi connectivity index (χ0n) is 18.6. The second-order valence-electron chi connectivity index (χ2n) is 8.41. The normalized spacial score (nSPS) is 20.1. The van der Waals surface area contributed by atoms with Crippen LogP contribution in [0.15, 0.2) is 17.0 Å². The van der Waals surface area contributed by atoms with Crippen LogP contribution in [0.2, 0.25) is 0 Å². The lowest BCUT2D eigenvalue weighted by molar-refractivity contribution is -0.0281. The molecule has 3 N–H and O–H groups in total. The fraction of sp³-hybridized carbons (Fsp3) is 0.682. The van der Waals surface area contributed by atoms with Crippen LogP contribution in [0.25, 0.3) is 0 Å². The molecule has 0 atom stereocenters. The molecule has 2 fully saturated rings. The van der Waals surface area contributed by atoms with Crippen LogP contribution in [0.4, 0.5) is 5.69 Å². The number of anilines is 1. The van der Waals surface area contributed by atoms with Gasteiger partial charge in [-0.3, -0.25) is 9.69 Å². The first-order valence-corrected chi connectivity index (χ1v) is 12.8. The molecule has 0 bridgehead atoms. The summed E-state index contributed by atoms with van der Waals surface area (Å²) in [5.74, 6) is -0.169. The summed E-state index contributed by atoms with van der Waals surface area (Å²) in [5.41, 5.74) is 6.12. The van der Waals surface area contributed by atoms with Crippen molar-refractivity contribution in [2.24, 2.45) is 0 Å². The second kappa shape index (κ2) is 10.2. The van der Waals surface area contributed by atoms with Gasteiger partial charge in [-0.2, -0.15) is 0 Å². The Hall–Kier alpha value is -1.84. The molecule has 1 aliphatic carbocycles. The molecule has 0 spiro atoms. The molecule has 174 valence electrons. The maximum absolute atomic E-state index is 13.2. The van der Waals surface area contributed by atoms with Crippen LogP contribution in [-0.4, -0.2) is 70.5 Å². The van der Waals surface area contributed by atoms with Crippen LogP contribution in [-0.2, 0) is 14.6 Å². The maximum Gasteiger partial charge on any atom is 0.255 e. The maximum atomic E-state index is 13.2. The van der Waals surface area contributed by atoms with E-state index in [4.69, 9.17) is 15.2 Å². The Morgan fingerprint density at radius 1 is 1.19 bits per heavy atom. The Labute approximate surface area is 185 Å². The molecule has 0 aromatic heterocycles. The number of carbonyl (C=O) groups excluding carboxylic acids is 1. The highest BCUT2D eigenvalue weighted by Crippen LogP contribution is 2.34. The van der Waals surface area contributed by atoms with E-state index in [9.17, 15) is 13.2 Å². The molecule has 31 heavy (non-hydrogen) atoms. The van der Waals surface area contributed by atoms with Gasteiger partial charge in [-0.1, -0.05) is 32.6 Å². The molecule has 1 saturated carbocycles. The summed E-state index contributed by atoms with van der Waals surface area (Å²) in [6.07, 6.45) is 6.76. The van der Waals surface area contributed by atoms with E-state index in [2.05, 4.69) is 10.2 Å². The number of rotatable bonds is 7. The van der Waals surface area contributed by atoms with Crippen LogP contribution >= 0.6 is 0 Å². The van der Waals surface area contributed by atoms with Gasteiger partial charge in [-0.15, -0.1) is 0 Å². The van der Waals surface area contributed by atoms with Gasteiger partial charge in [0.25, 0.3) is 5.91 Å². The largest absolute Gasteiger partial charge is 0.496 e. The van der Waals surface area contributed by atoms with Crippen molar-refractivity contribution in [3.63, 3.8) is 0 Å². The van der Waals surface area contributed by atoms with E-state index in [1.807, 2.05) is 0 Å². The van der Waals surface area contributed by atoms with E-state index >= 15 is 0 Å². The molecule has 1 amide bonds. The number of ether oxygens (including phenoxy) is 2. The Kier molecular flexibility index (Phi) is 7.82. The van der Waals surface area contributed by atoms with Crippen molar-refractivity contribution in [3.05, 3.63) is 17.7 Å². The molecular weight excluding hydrogens is 418 g/mol. The van der Waals surface area contributed by atoms with E-state index < -0.39 is 9.84 Å². The highest BCUT2D eigenvalue weighted by Gasteiger charge is 2.38. The van der Waals surface area contributed by atoms with E-state index in [1.54, 1.807) is 6.92 Å². The molecule has 1 heterocycles. The highest BCUT2D eigenvalue weighted by atomic mass is 32.2. The molecule has 1 saturated heterocycles. The minimum absolute atomic E-state index is 0.0293. The summed E-state index contributed by atoms with van der Waals surface area (Å²) in [4.78, 5) is 15.6. The number of carbonyl (C=O) groups is 1. The minimum Gasteiger partial charge on any atom is -0.496 e. The van der Waals surface area contributed by atoms with E-state index in [1.165, 1.54) is 32.1 Å². The third-order valence-electron chi connectivity index (χ3n) is 6.59. The van der Waals surface area contributed by atoms with Gasteiger partial charge in [0.15, 0.2) is 9.84 Å². The average Bonchev–Trinajstić information content (AvgIpc) is 3.04. The van der Waals surface area contributed by atoms with E-state index in [0.29, 0.717) is 19.8 Å². The SMILES string of the molecule is CCS(=O)(=O)c1cc(C(=O)NCC2(N3CCOCC3)CCCCCC2)c(OC)cc1N. The van der Waals surface area contributed by atoms with Crippen molar-refractivity contribution in [2.75, 3.05) is 51.4 Å². The fourth-order valence-corrected chi connectivity index (χ4v) is 5.74. The molecule has 1 aliphatic heterocycles. The van der Waals surface area contributed by atoms with Gasteiger partial charge in [-0.25, -0.2) is 8.42 Å². The summed E-state index contributed by atoms with van der Waals surface area (Å²) >= 11 is 0. The zero-order valence-corrected chi connectivity index (χ0v) is 19.4. The molecule has 9 heteroatoms. The first-order chi connectivity index (χ1) is 14.8. The van der Waals surface area contributed by atoms with Crippen LogP contribution in [0.5, 0.6) is 5.75 Å². The summed E-state index contributed by atoms with van der Waals surface area (Å²) in [6.45, 7) is 5.20. The van der Waals surface area contributed by atoms with Gasteiger partial charge in [0.05, 0.1) is 42.2 Å². The Balaban J connectivity index is 1.86. The summed E-state index contributed by atoms with van der Waals surface area (Å²) in [7, 11) is -2.12. The number of nitrogens with two attached hydrogens (primary N) is 1. The van der Waals surface area contributed by atoms with Gasteiger partial charge >= 0.3 is 0 Å². The third kappa shape index (κ3) is 5.32. The third-order valence-corrected chi connectivity index (χ3v) is 8.37. The minimum atomic E-state index is -3.56.